The van der Waals surface area contributed by atoms with Gasteiger partial charge in [-0.3, -0.25) is 0 Å². The highest BCUT2D eigenvalue weighted by Crippen LogP contribution is 2.33. The van der Waals surface area contributed by atoms with Crippen molar-refractivity contribution in [2.75, 3.05) is 13.1 Å². The molecule has 1 atom stereocenters. The van der Waals surface area contributed by atoms with E-state index in [-0.39, 0.29) is 5.92 Å². The number of fused-ring (bicyclic) bond motifs is 1. The lowest BCUT2D eigenvalue weighted by Crippen LogP contribution is -2.28. The zero-order chi connectivity index (χ0) is 18.3. The molecule has 3 aromatic rings. The van der Waals surface area contributed by atoms with Gasteiger partial charge in [-0.1, -0.05) is 37.3 Å². The lowest BCUT2D eigenvalue weighted by molar-refractivity contribution is 0.471. The zero-order valence-electron chi connectivity index (χ0n) is 15.2. The molecule has 1 aromatic heterocycles. The number of hydrogen-bond donors (Lipinski definition) is 0. The van der Waals surface area contributed by atoms with E-state index in [1.807, 2.05) is 24.3 Å². The van der Waals surface area contributed by atoms with Crippen molar-refractivity contribution >= 4 is 20.9 Å². The molecular formula is C21H24N2O2S. The number of hydrogen-bond acceptors (Lipinski definition) is 2. The maximum atomic E-state index is 13.0. The van der Waals surface area contributed by atoms with Crippen LogP contribution in [0.4, 0.5) is 0 Å². The second-order valence-electron chi connectivity index (χ2n) is 7.03. The van der Waals surface area contributed by atoms with Gasteiger partial charge in [-0.2, -0.15) is 4.31 Å². The summed E-state index contributed by atoms with van der Waals surface area (Å²) in [5.41, 5.74) is 3.56. The molecule has 1 fully saturated rings. The Morgan fingerprint density at radius 3 is 2.50 bits per heavy atom. The van der Waals surface area contributed by atoms with Gasteiger partial charge in [0.15, 0.2) is 0 Å². The van der Waals surface area contributed by atoms with Gasteiger partial charge in [0.25, 0.3) is 0 Å². The first kappa shape index (κ1) is 17.3. The maximum Gasteiger partial charge on any atom is 0.243 e. The van der Waals surface area contributed by atoms with Gasteiger partial charge in [0.2, 0.25) is 10.0 Å². The number of rotatable bonds is 4. The predicted octanol–water partition coefficient (Wildman–Crippen LogP) is 3.92. The van der Waals surface area contributed by atoms with E-state index in [9.17, 15) is 8.42 Å². The minimum atomic E-state index is -3.42. The molecule has 1 aliphatic heterocycles. The van der Waals surface area contributed by atoms with Crippen molar-refractivity contribution in [3.8, 4) is 0 Å². The van der Waals surface area contributed by atoms with E-state index in [1.54, 1.807) is 16.4 Å². The highest BCUT2D eigenvalue weighted by molar-refractivity contribution is 7.89. The van der Waals surface area contributed by atoms with Crippen molar-refractivity contribution in [3.05, 3.63) is 65.9 Å². The van der Waals surface area contributed by atoms with Gasteiger partial charge in [0, 0.05) is 37.3 Å². The average Bonchev–Trinajstić information content (AvgIpc) is 3.28. The number of nitrogens with zero attached hydrogens (tertiary/aromatic N) is 2. The molecule has 0 N–H and O–H groups in total. The van der Waals surface area contributed by atoms with Gasteiger partial charge < -0.3 is 4.57 Å². The first-order valence-electron chi connectivity index (χ1n) is 9.14. The molecule has 2 aromatic carbocycles. The number of benzene rings is 2. The smallest absolute Gasteiger partial charge is 0.243 e. The van der Waals surface area contributed by atoms with Crippen LogP contribution in [-0.2, 0) is 23.5 Å². The fourth-order valence-corrected chi connectivity index (χ4v) is 5.44. The highest BCUT2D eigenvalue weighted by atomic mass is 32.2. The summed E-state index contributed by atoms with van der Waals surface area (Å²) < 4.78 is 29.8. The molecule has 5 heteroatoms. The van der Waals surface area contributed by atoms with Crippen molar-refractivity contribution in [1.29, 1.82) is 0 Å². The van der Waals surface area contributed by atoms with Crippen molar-refractivity contribution in [2.24, 2.45) is 7.05 Å². The normalized spacial score (nSPS) is 18.6. The largest absolute Gasteiger partial charge is 0.347 e. The Morgan fingerprint density at radius 2 is 1.81 bits per heavy atom. The Balaban J connectivity index is 1.60. The average molecular weight is 369 g/mol. The molecule has 0 amide bonds. The second kappa shape index (κ2) is 6.56. The van der Waals surface area contributed by atoms with Crippen LogP contribution in [0, 0.1) is 0 Å². The molecule has 136 valence electrons. The summed E-state index contributed by atoms with van der Waals surface area (Å²) in [7, 11) is -1.36. The van der Waals surface area contributed by atoms with E-state index in [0.717, 1.165) is 18.4 Å². The molecular weight excluding hydrogens is 344 g/mol. The van der Waals surface area contributed by atoms with Crippen LogP contribution in [0.5, 0.6) is 0 Å². The van der Waals surface area contributed by atoms with Crippen LogP contribution in [0.2, 0.25) is 0 Å². The standard InChI is InChI=1S/C21H24N2O2S/c1-3-16-8-10-19(11-9-16)26(24,25)23-13-12-18(15-23)21-14-17-6-4-5-7-20(17)22(21)2/h4-11,14,18H,3,12-13,15H2,1-2H3. The summed E-state index contributed by atoms with van der Waals surface area (Å²) in [6.45, 7) is 3.19. The molecule has 1 aliphatic rings. The Morgan fingerprint density at radius 1 is 1.08 bits per heavy atom. The van der Waals surface area contributed by atoms with E-state index >= 15 is 0 Å². The fraction of sp³-hybridized carbons (Fsp3) is 0.333. The van der Waals surface area contributed by atoms with Crippen molar-refractivity contribution < 1.29 is 8.42 Å². The van der Waals surface area contributed by atoms with Gasteiger partial charge in [0.05, 0.1) is 4.90 Å². The van der Waals surface area contributed by atoms with Crippen molar-refractivity contribution in [1.82, 2.24) is 8.87 Å². The Hall–Kier alpha value is -2.11. The molecule has 1 unspecified atom stereocenters. The van der Waals surface area contributed by atoms with Gasteiger partial charge in [-0.15, -0.1) is 0 Å². The number of para-hydroxylation sites is 1. The first-order valence-corrected chi connectivity index (χ1v) is 10.6. The minimum absolute atomic E-state index is 0.233. The van der Waals surface area contributed by atoms with E-state index in [0.29, 0.717) is 18.0 Å². The summed E-state index contributed by atoms with van der Waals surface area (Å²) in [6.07, 6.45) is 1.77. The van der Waals surface area contributed by atoms with Crippen LogP contribution in [0.25, 0.3) is 10.9 Å². The van der Waals surface area contributed by atoms with Crippen LogP contribution >= 0.6 is 0 Å². The number of sulfonamides is 1. The van der Waals surface area contributed by atoms with E-state index < -0.39 is 10.0 Å². The Kier molecular flexibility index (Phi) is 4.37. The molecule has 0 aliphatic carbocycles. The quantitative estimate of drug-likeness (QED) is 0.700. The molecule has 26 heavy (non-hydrogen) atoms. The molecule has 4 nitrogen and oxygen atoms in total. The molecule has 0 bridgehead atoms. The minimum Gasteiger partial charge on any atom is -0.347 e. The first-order chi connectivity index (χ1) is 12.5. The van der Waals surface area contributed by atoms with Gasteiger partial charge >= 0.3 is 0 Å². The van der Waals surface area contributed by atoms with E-state index in [4.69, 9.17) is 0 Å². The summed E-state index contributed by atoms with van der Waals surface area (Å²) in [6, 6.07) is 17.8. The van der Waals surface area contributed by atoms with Crippen LogP contribution in [0.15, 0.2) is 59.5 Å². The topological polar surface area (TPSA) is 42.3 Å². The van der Waals surface area contributed by atoms with Crippen molar-refractivity contribution in [2.45, 2.75) is 30.6 Å². The molecule has 1 saturated heterocycles. The Labute approximate surface area is 155 Å². The number of aryl methyl sites for hydroxylation is 2. The van der Waals surface area contributed by atoms with Gasteiger partial charge in [-0.25, -0.2) is 8.42 Å². The van der Waals surface area contributed by atoms with Crippen LogP contribution in [0.3, 0.4) is 0 Å². The molecule has 0 radical (unpaired) electrons. The molecule has 0 spiro atoms. The van der Waals surface area contributed by atoms with Crippen LogP contribution in [0.1, 0.15) is 30.5 Å². The number of aromatic nitrogens is 1. The second-order valence-corrected chi connectivity index (χ2v) is 8.97. The molecule has 0 saturated carbocycles. The maximum absolute atomic E-state index is 13.0. The molecule has 4 rings (SSSR count). The molecule has 2 heterocycles. The third-order valence-corrected chi connectivity index (χ3v) is 7.41. The lowest BCUT2D eigenvalue weighted by Gasteiger charge is -2.17. The third-order valence-electron chi connectivity index (χ3n) is 5.53. The predicted molar refractivity (Wildman–Crippen MR) is 105 cm³/mol. The van der Waals surface area contributed by atoms with Crippen LogP contribution < -0.4 is 0 Å². The zero-order valence-corrected chi connectivity index (χ0v) is 16.0. The summed E-state index contributed by atoms with van der Waals surface area (Å²) in [4.78, 5) is 0.396. The highest BCUT2D eigenvalue weighted by Gasteiger charge is 2.34. The fourth-order valence-electron chi connectivity index (χ4n) is 3.94. The van der Waals surface area contributed by atoms with Gasteiger partial charge in [0.1, 0.15) is 0 Å². The Bertz CT molecular complexity index is 1040. The lowest BCUT2D eigenvalue weighted by atomic mass is 10.1. The van der Waals surface area contributed by atoms with E-state index in [1.165, 1.54) is 16.6 Å². The summed E-state index contributed by atoms with van der Waals surface area (Å²) >= 11 is 0. The summed E-state index contributed by atoms with van der Waals surface area (Å²) in [5.74, 6) is 0.233. The summed E-state index contributed by atoms with van der Waals surface area (Å²) in [5, 5.41) is 1.21. The van der Waals surface area contributed by atoms with Crippen LogP contribution in [-0.4, -0.2) is 30.4 Å². The monoisotopic (exact) mass is 368 g/mol. The van der Waals surface area contributed by atoms with E-state index in [2.05, 4.69) is 36.7 Å². The third kappa shape index (κ3) is 2.85. The van der Waals surface area contributed by atoms with Crippen molar-refractivity contribution in [3.63, 3.8) is 0 Å². The van der Waals surface area contributed by atoms with Gasteiger partial charge in [-0.05, 0) is 48.1 Å². The SMILES string of the molecule is CCc1ccc(S(=O)(=O)N2CCC(c3cc4ccccc4n3C)C2)cc1.